The zero-order chi connectivity index (χ0) is 37.0. The third-order valence-electron chi connectivity index (χ3n) is 9.89. The lowest BCUT2D eigenvalue weighted by Crippen LogP contribution is -1.89. The fourth-order valence-corrected chi connectivity index (χ4v) is 8.79. The van der Waals surface area contributed by atoms with Crippen molar-refractivity contribution in [2.75, 3.05) is 0 Å². The molecule has 0 fully saturated rings. The van der Waals surface area contributed by atoms with Crippen LogP contribution in [0, 0.1) is 0 Å². The zero-order valence-electron chi connectivity index (χ0n) is 29.4. The van der Waals surface area contributed by atoms with Gasteiger partial charge in [-0.3, -0.25) is 0 Å². The Morgan fingerprint density at radius 3 is 1.11 bits per heavy atom. The monoisotopic (exact) mass is 754 g/mol. The highest BCUT2D eigenvalue weighted by Gasteiger charge is 2.16. The Morgan fingerprint density at radius 1 is 0.268 bits per heavy atom. The third-order valence-corrected chi connectivity index (χ3v) is 11.8. The van der Waals surface area contributed by atoms with E-state index in [9.17, 15) is 0 Å². The average molecular weight is 755 g/mol. The molecule has 5 aromatic carbocycles. The number of nitrogens with zero attached hydrogens (tertiary/aromatic N) is 8. The van der Waals surface area contributed by atoms with Crippen LogP contribution in [0.4, 0.5) is 0 Å². The van der Waals surface area contributed by atoms with Gasteiger partial charge in [0.15, 0.2) is 20.0 Å². The van der Waals surface area contributed by atoms with E-state index in [4.69, 9.17) is 19.9 Å². The van der Waals surface area contributed by atoms with Crippen LogP contribution >= 0.6 is 22.7 Å². The Bertz CT molecular complexity index is 3070. The normalized spacial score (nSPS) is 11.6. The fraction of sp³-hybridized carbons (Fsp3) is 0. The molecule has 0 aliphatic heterocycles. The quantitative estimate of drug-likeness (QED) is 0.155. The number of benzene rings is 5. The summed E-state index contributed by atoms with van der Waals surface area (Å²) in [6, 6.07) is 53.6. The highest BCUT2D eigenvalue weighted by molar-refractivity contribution is 7.18. The smallest absolute Gasteiger partial charge is 0.166 e. The van der Waals surface area contributed by atoms with Gasteiger partial charge < -0.3 is 0 Å². The van der Waals surface area contributed by atoms with Crippen LogP contribution in [0.3, 0.4) is 0 Å². The minimum absolute atomic E-state index is 0.733. The molecule has 10 heteroatoms. The maximum atomic E-state index is 5.00. The molecule has 0 amide bonds. The molecule has 0 bridgehead atoms. The van der Waals surface area contributed by atoms with Crippen LogP contribution < -0.4 is 0 Å². The lowest BCUT2D eigenvalue weighted by atomic mass is 10.0. The van der Waals surface area contributed by atoms with Crippen molar-refractivity contribution in [2.45, 2.75) is 0 Å². The van der Waals surface area contributed by atoms with E-state index in [2.05, 4.69) is 117 Å². The number of hydrogen-bond acceptors (Lipinski definition) is 10. The topological polar surface area (TPSA) is 103 Å². The molecule has 6 heterocycles. The molecule has 0 unspecified atom stereocenters. The van der Waals surface area contributed by atoms with Gasteiger partial charge in [0.2, 0.25) is 0 Å². The van der Waals surface area contributed by atoms with E-state index in [-0.39, 0.29) is 0 Å². The molecule has 0 aliphatic carbocycles. The van der Waals surface area contributed by atoms with Crippen LogP contribution in [0.1, 0.15) is 0 Å². The Hall–Kier alpha value is -7.14. The summed E-state index contributed by atoms with van der Waals surface area (Å²) in [6.07, 6.45) is 0. The second-order valence-corrected chi connectivity index (χ2v) is 15.2. The van der Waals surface area contributed by atoms with E-state index in [1.165, 1.54) is 44.2 Å². The van der Waals surface area contributed by atoms with E-state index < -0.39 is 0 Å². The van der Waals surface area contributed by atoms with Crippen molar-refractivity contribution >= 4 is 66.0 Å². The summed E-state index contributed by atoms with van der Waals surface area (Å²) in [4.78, 5) is 20.0. The summed E-state index contributed by atoms with van der Waals surface area (Å²) < 4.78 is 0. The van der Waals surface area contributed by atoms with Gasteiger partial charge in [-0.1, -0.05) is 120 Å². The molecule has 8 nitrogen and oxygen atoms in total. The second kappa shape index (κ2) is 13.3. The van der Waals surface area contributed by atoms with Crippen LogP contribution in [-0.4, -0.2) is 40.3 Å². The molecule has 0 aliphatic rings. The Kier molecular flexibility index (Phi) is 7.68. The molecule has 0 atom stereocenters. The van der Waals surface area contributed by atoms with Gasteiger partial charge in [-0.25, -0.2) is 19.9 Å². The first kappa shape index (κ1) is 32.3. The third kappa shape index (κ3) is 5.67. The minimum atomic E-state index is 0.733. The molecular weight excluding hydrogens is 729 g/mol. The summed E-state index contributed by atoms with van der Waals surface area (Å²) in [6.45, 7) is 0. The number of hydrogen-bond donors (Lipinski definition) is 0. The molecule has 11 rings (SSSR count). The van der Waals surface area contributed by atoms with E-state index in [0.29, 0.717) is 0 Å². The zero-order valence-corrected chi connectivity index (χ0v) is 31.0. The molecule has 0 N–H and O–H groups in total. The minimum Gasteiger partial charge on any atom is -0.245 e. The van der Waals surface area contributed by atoms with E-state index in [1.54, 1.807) is 0 Å². The molecule has 11 aromatic rings. The summed E-state index contributed by atoms with van der Waals surface area (Å²) in [7, 11) is 0. The first-order valence-electron chi connectivity index (χ1n) is 18.0. The molecule has 0 saturated carbocycles. The van der Waals surface area contributed by atoms with Gasteiger partial charge in [0, 0.05) is 21.9 Å². The molecule has 0 saturated heterocycles. The van der Waals surface area contributed by atoms with Crippen molar-refractivity contribution in [2.24, 2.45) is 0 Å². The van der Waals surface area contributed by atoms with E-state index >= 15 is 0 Å². The van der Waals surface area contributed by atoms with Crippen molar-refractivity contribution in [3.8, 4) is 65.3 Å². The van der Waals surface area contributed by atoms with Gasteiger partial charge in [0.05, 0.1) is 22.4 Å². The Balaban J connectivity index is 0.866. The second-order valence-electron chi connectivity index (χ2n) is 13.3. The number of aromatic nitrogens is 8. The SMILES string of the molecule is c1cc(-c2nnc(-c3ccc4c(ccc5nc(-c6nnc(-c7cccc(-c8cccc9ccccc89)n7)s6)ccc54)n3)s2)nc(-c2cccc3ccccc23)c1. The van der Waals surface area contributed by atoms with Gasteiger partial charge >= 0.3 is 0 Å². The van der Waals surface area contributed by atoms with E-state index in [1.807, 2.05) is 60.7 Å². The number of fused-ring (bicyclic) bond motifs is 5. The maximum Gasteiger partial charge on any atom is 0.166 e. The standard InChI is InChI=1S/C46H26N8S2/c1-3-13-29-27(9-1)11-5-15-31(29)35-17-7-19-39(47-35)43-51-53-45(55-43)41-23-21-33-34-22-24-42(50-38(34)26-25-37(33)49-41)46-54-52-44(56-46)40-20-8-18-36(48-40)32-16-6-12-28-10-2-4-14-30(28)32/h1-26H. The predicted octanol–water partition coefficient (Wildman–Crippen LogP) is 11.6. The van der Waals surface area contributed by atoms with Crippen molar-refractivity contribution in [1.82, 2.24) is 40.3 Å². The van der Waals surface area contributed by atoms with Crippen LogP contribution in [0.15, 0.2) is 158 Å². The summed E-state index contributed by atoms with van der Waals surface area (Å²) in [5.41, 5.74) is 8.75. The lowest BCUT2D eigenvalue weighted by molar-refractivity contribution is 1.08. The van der Waals surface area contributed by atoms with Crippen LogP contribution in [0.25, 0.3) is 109 Å². The van der Waals surface area contributed by atoms with E-state index in [0.717, 1.165) is 87.1 Å². The van der Waals surface area contributed by atoms with Crippen molar-refractivity contribution in [3.05, 3.63) is 158 Å². The Morgan fingerprint density at radius 2 is 0.643 bits per heavy atom. The predicted molar refractivity (Wildman–Crippen MR) is 227 cm³/mol. The highest BCUT2D eigenvalue weighted by atomic mass is 32.1. The molecule has 56 heavy (non-hydrogen) atoms. The largest absolute Gasteiger partial charge is 0.245 e. The number of rotatable bonds is 6. The van der Waals surface area contributed by atoms with Crippen molar-refractivity contribution in [3.63, 3.8) is 0 Å². The average Bonchev–Trinajstić information content (AvgIpc) is 3.98. The number of pyridine rings is 4. The van der Waals surface area contributed by atoms with Crippen LogP contribution in [0.5, 0.6) is 0 Å². The van der Waals surface area contributed by atoms with Gasteiger partial charge in [0.25, 0.3) is 0 Å². The molecule has 0 radical (unpaired) electrons. The fourth-order valence-electron chi connectivity index (χ4n) is 7.22. The van der Waals surface area contributed by atoms with Crippen LogP contribution in [-0.2, 0) is 0 Å². The maximum absolute atomic E-state index is 5.00. The first-order chi connectivity index (χ1) is 27.7. The van der Waals surface area contributed by atoms with Gasteiger partial charge in [-0.15, -0.1) is 20.4 Å². The first-order valence-corrected chi connectivity index (χ1v) is 19.6. The molecule has 262 valence electrons. The van der Waals surface area contributed by atoms with Gasteiger partial charge in [-0.05, 0) is 82.2 Å². The molecule has 6 aromatic heterocycles. The van der Waals surface area contributed by atoms with Crippen molar-refractivity contribution < 1.29 is 0 Å². The lowest BCUT2D eigenvalue weighted by Gasteiger charge is -2.07. The highest BCUT2D eigenvalue weighted by Crippen LogP contribution is 2.36. The summed E-state index contributed by atoms with van der Waals surface area (Å²) >= 11 is 2.97. The van der Waals surface area contributed by atoms with Gasteiger partial charge in [-0.2, -0.15) is 0 Å². The van der Waals surface area contributed by atoms with Crippen LogP contribution in [0.2, 0.25) is 0 Å². The summed E-state index contributed by atoms with van der Waals surface area (Å²) in [5, 5.41) is 27.7. The molecule has 0 spiro atoms. The molecular formula is C46H26N8S2. The summed E-state index contributed by atoms with van der Waals surface area (Å²) in [5.74, 6) is 0. The Labute approximate surface area is 327 Å². The van der Waals surface area contributed by atoms with Crippen molar-refractivity contribution in [1.29, 1.82) is 0 Å². The van der Waals surface area contributed by atoms with Gasteiger partial charge in [0.1, 0.15) is 22.8 Å².